The van der Waals surface area contributed by atoms with Gasteiger partial charge in [-0.25, -0.2) is 4.98 Å². The van der Waals surface area contributed by atoms with Gasteiger partial charge in [-0.3, -0.25) is 4.79 Å². The Hall–Kier alpha value is -2.67. The number of carbonyl (C=O) groups excluding carboxylic acids is 1. The van der Waals surface area contributed by atoms with Gasteiger partial charge in [0.05, 0.1) is 0 Å². The first kappa shape index (κ1) is 18.4. The number of aromatic nitrogens is 2. The zero-order chi connectivity index (χ0) is 19.8. The van der Waals surface area contributed by atoms with Crippen LogP contribution in [0.25, 0.3) is 0 Å². The molecule has 7 nitrogen and oxygen atoms in total. The molecule has 2 fully saturated rings. The summed E-state index contributed by atoms with van der Waals surface area (Å²) in [5.41, 5.74) is 10.3. The normalized spacial score (nSPS) is 23.8. The Morgan fingerprint density at radius 1 is 1.07 bits per heavy atom. The van der Waals surface area contributed by atoms with Crippen molar-refractivity contribution in [2.45, 2.75) is 69.4 Å². The molecule has 0 atom stereocenters. The Labute approximate surface area is 170 Å². The monoisotopic (exact) mass is 392 g/mol. The summed E-state index contributed by atoms with van der Waals surface area (Å²) in [6.45, 7) is 0. The smallest absolute Gasteiger partial charge is 0.229 e. The van der Waals surface area contributed by atoms with Crippen LogP contribution in [-0.2, 0) is 11.2 Å². The van der Waals surface area contributed by atoms with Crippen molar-refractivity contribution in [3.05, 3.63) is 35.5 Å². The van der Waals surface area contributed by atoms with E-state index in [2.05, 4.69) is 27.0 Å². The Morgan fingerprint density at radius 3 is 2.69 bits per heavy atom. The molecule has 3 aliphatic rings. The fraction of sp³-hybridized carbons (Fsp3) is 0.500. The molecule has 0 bridgehead atoms. The number of benzene rings is 1. The first-order chi connectivity index (χ1) is 14.1. The lowest BCUT2D eigenvalue weighted by Gasteiger charge is -2.28. The van der Waals surface area contributed by atoms with Crippen molar-refractivity contribution in [1.29, 1.82) is 0 Å². The zero-order valence-corrected chi connectivity index (χ0v) is 16.6. The Morgan fingerprint density at radius 2 is 1.90 bits per heavy atom. The van der Waals surface area contributed by atoms with E-state index in [1.54, 1.807) is 0 Å². The Balaban J connectivity index is 1.34. The molecule has 152 valence electrons. The number of anilines is 4. The van der Waals surface area contributed by atoms with Crippen LogP contribution in [0.2, 0.25) is 0 Å². The van der Waals surface area contributed by atoms with Gasteiger partial charge >= 0.3 is 0 Å². The number of carbonyl (C=O) groups is 1. The number of nitrogens with two attached hydrogens (primary N) is 1. The van der Waals surface area contributed by atoms with Crippen LogP contribution >= 0.6 is 0 Å². The van der Waals surface area contributed by atoms with E-state index < -0.39 is 0 Å². The quantitative estimate of drug-likeness (QED) is 0.619. The van der Waals surface area contributed by atoms with E-state index in [1.165, 1.54) is 18.4 Å². The topological polar surface area (TPSA) is 105 Å². The first-order valence-corrected chi connectivity index (χ1v) is 10.7. The predicted octanol–water partition coefficient (Wildman–Crippen LogP) is 3.66. The lowest BCUT2D eigenvalue weighted by atomic mass is 9.92. The first-order valence-electron chi connectivity index (χ1n) is 10.7. The largest absolute Gasteiger partial charge is 0.367 e. The van der Waals surface area contributed by atoms with Gasteiger partial charge in [-0.15, -0.1) is 0 Å². The van der Waals surface area contributed by atoms with Crippen molar-refractivity contribution in [3.8, 4) is 0 Å². The number of hydrogen-bond acceptors (Lipinski definition) is 6. The number of aryl methyl sites for hydroxylation is 1. The van der Waals surface area contributed by atoms with Gasteiger partial charge in [0.25, 0.3) is 0 Å². The summed E-state index contributed by atoms with van der Waals surface area (Å²) in [4.78, 5) is 21.0. The molecule has 0 spiro atoms. The second-order valence-corrected chi connectivity index (χ2v) is 8.57. The predicted molar refractivity (Wildman–Crippen MR) is 115 cm³/mol. The van der Waals surface area contributed by atoms with Crippen LogP contribution in [0.1, 0.15) is 62.0 Å². The van der Waals surface area contributed by atoms with Gasteiger partial charge < -0.3 is 21.7 Å². The van der Waals surface area contributed by atoms with Gasteiger partial charge in [-0.05, 0) is 74.6 Å². The van der Waals surface area contributed by atoms with Crippen molar-refractivity contribution in [2.75, 3.05) is 16.0 Å². The van der Waals surface area contributed by atoms with E-state index >= 15 is 0 Å². The fourth-order valence-corrected chi connectivity index (χ4v) is 4.31. The average Bonchev–Trinajstić information content (AvgIpc) is 3.55. The lowest BCUT2D eigenvalue weighted by Crippen LogP contribution is -2.33. The molecule has 5 rings (SSSR count). The molecule has 1 aromatic heterocycles. The second-order valence-electron chi connectivity index (χ2n) is 8.57. The average molecular weight is 393 g/mol. The summed E-state index contributed by atoms with van der Waals surface area (Å²) >= 11 is 0. The van der Waals surface area contributed by atoms with Gasteiger partial charge in [-0.1, -0.05) is 0 Å². The molecule has 1 aliphatic heterocycles. The van der Waals surface area contributed by atoms with Crippen molar-refractivity contribution in [1.82, 2.24) is 9.97 Å². The standard InChI is InChI=1S/C22H28N6O/c23-15-4-6-16(7-5-15)25-21-18(13-1-2-13)12-24-22(28-21)26-17-8-9-19-14(11-17)3-10-20(29)27-19/h8-9,11-13,15-16H,1-7,10,23H2,(H,27,29)(H2,24,25,26,28)/t15-,16-. The summed E-state index contributed by atoms with van der Waals surface area (Å²) in [7, 11) is 0. The maximum atomic E-state index is 11.6. The molecule has 2 aliphatic carbocycles. The van der Waals surface area contributed by atoms with Gasteiger partial charge in [0, 0.05) is 41.6 Å². The molecule has 29 heavy (non-hydrogen) atoms. The molecule has 0 radical (unpaired) electrons. The third kappa shape index (κ3) is 4.19. The minimum absolute atomic E-state index is 0.0802. The van der Waals surface area contributed by atoms with Crippen molar-refractivity contribution in [3.63, 3.8) is 0 Å². The van der Waals surface area contributed by atoms with Gasteiger partial charge in [-0.2, -0.15) is 4.98 Å². The number of fused-ring (bicyclic) bond motifs is 1. The molecular formula is C22H28N6O. The fourth-order valence-electron chi connectivity index (χ4n) is 4.31. The molecule has 0 unspecified atom stereocenters. The summed E-state index contributed by atoms with van der Waals surface area (Å²) in [6.07, 6.45) is 10.0. The maximum Gasteiger partial charge on any atom is 0.229 e. The lowest BCUT2D eigenvalue weighted by molar-refractivity contribution is -0.116. The van der Waals surface area contributed by atoms with Crippen LogP contribution in [0.4, 0.5) is 23.1 Å². The number of hydrogen-bond donors (Lipinski definition) is 4. The molecule has 0 saturated heterocycles. The van der Waals surface area contributed by atoms with E-state index in [4.69, 9.17) is 10.7 Å². The van der Waals surface area contributed by atoms with E-state index in [9.17, 15) is 4.79 Å². The summed E-state index contributed by atoms with van der Waals surface area (Å²) in [5.74, 6) is 2.24. The van der Waals surface area contributed by atoms with Crippen LogP contribution in [0.3, 0.4) is 0 Å². The summed E-state index contributed by atoms with van der Waals surface area (Å²) < 4.78 is 0. The van der Waals surface area contributed by atoms with Gasteiger partial charge in [0.15, 0.2) is 0 Å². The molecule has 7 heteroatoms. The Bertz CT molecular complexity index is 918. The van der Waals surface area contributed by atoms with E-state index in [1.807, 2.05) is 18.3 Å². The number of rotatable bonds is 5. The van der Waals surface area contributed by atoms with E-state index in [-0.39, 0.29) is 5.91 Å². The third-order valence-electron chi connectivity index (χ3n) is 6.20. The van der Waals surface area contributed by atoms with Crippen LogP contribution in [0, 0.1) is 0 Å². The van der Waals surface area contributed by atoms with Crippen LogP contribution < -0.4 is 21.7 Å². The van der Waals surface area contributed by atoms with Crippen LogP contribution in [-0.4, -0.2) is 28.0 Å². The molecule has 1 amide bonds. The zero-order valence-electron chi connectivity index (χ0n) is 16.6. The molecule has 2 saturated carbocycles. The highest BCUT2D eigenvalue weighted by Gasteiger charge is 2.29. The third-order valence-corrected chi connectivity index (χ3v) is 6.20. The molecule has 2 heterocycles. The second kappa shape index (κ2) is 7.63. The molecule has 2 aromatic rings. The van der Waals surface area contributed by atoms with Crippen molar-refractivity contribution < 1.29 is 4.79 Å². The van der Waals surface area contributed by atoms with Crippen LogP contribution in [0.5, 0.6) is 0 Å². The minimum atomic E-state index is 0.0802. The highest BCUT2D eigenvalue weighted by atomic mass is 16.1. The van der Waals surface area contributed by atoms with Gasteiger partial charge in [0.1, 0.15) is 5.82 Å². The maximum absolute atomic E-state index is 11.6. The van der Waals surface area contributed by atoms with E-state index in [0.717, 1.165) is 54.9 Å². The number of nitrogens with zero attached hydrogens (tertiary/aromatic N) is 2. The van der Waals surface area contributed by atoms with E-state index in [0.29, 0.717) is 30.4 Å². The highest BCUT2D eigenvalue weighted by molar-refractivity contribution is 5.94. The molecule has 5 N–H and O–H groups in total. The van der Waals surface area contributed by atoms with Crippen LogP contribution in [0.15, 0.2) is 24.4 Å². The number of nitrogens with one attached hydrogen (secondary N) is 3. The number of amides is 1. The molecular weight excluding hydrogens is 364 g/mol. The minimum Gasteiger partial charge on any atom is -0.367 e. The van der Waals surface area contributed by atoms with Crippen molar-refractivity contribution in [2.24, 2.45) is 5.73 Å². The summed E-state index contributed by atoms with van der Waals surface area (Å²) in [6, 6.07) is 6.74. The Kier molecular flexibility index (Phi) is 4.83. The SMILES string of the molecule is N[C@H]1CC[C@H](Nc2nc(Nc3ccc4c(c3)CCC(=O)N4)ncc2C2CC2)CC1. The highest BCUT2D eigenvalue weighted by Crippen LogP contribution is 2.43. The van der Waals surface area contributed by atoms with Gasteiger partial charge in [0.2, 0.25) is 11.9 Å². The van der Waals surface area contributed by atoms with Crippen molar-refractivity contribution >= 4 is 29.0 Å². The molecule has 1 aromatic carbocycles. The summed E-state index contributed by atoms with van der Waals surface area (Å²) in [5, 5.41) is 9.94.